The first-order valence-electron chi connectivity index (χ1n) is 7.66. The zero-order valence-electron chi connectivity index (χ0n) is 14.3. The summed E-state index contributed by atoms with van der Waals surface area (Å²) in [7, 11) is 1.67. The summed E-state index contributed by atoms with van der Waals surface area (Å²) in [4.78, 5) is 25.4. The molecule has 0 bridgehead atoms. The highest BCUT2D eigenvalue weighted by molar-refractivity contribution is 5.98. The van der Waals surface area contributed by atoms with Gasteiger partial charge in [-0.1, -0.05) is 18.2 Å². The van der Waals surface area contributed by atoms with Crippen molar-refractivity contribution >= 4 is 17.5 Å². The van der Waals surface area contributed by atoms with Gasteiger partial charge < -0.3 is 10.2 Å². The number of rotatable bonds is 4. The third kappa shape index (κ3) is 4.19. The molecule has 0 aliphatic heterocycles. The Labute approximate surface area is 141 Å². The van der Waals surface area contributed by atoms with Crippen LogP contribution in [-0.4, -0.2) is 23.8 Å². The molecule has 126 valence electrons. The minimum absolute atomic E-state index is 0.180. The minimum Gasteiger partial charge on any atom is -0.337 e. The van der Waals surface area contributed by atoms with Crippen LogP contribution < -0.4 is 5.32 Å². The summed E-state index contributed by atoms with van der Waals surface area (Å²) in [5.41, 5.74) is 3.20. The second-order valence-electron chi connectivity index (χ2n) is 5.96. The van der Waals surface area contributed by atoms with E-state index in [9.17, 15) is 14.0 Å². The topological polar surface area (TPSA) is 49.4 Å². The van der Waals surface area contributed by atoms with Gasteiger partial charge in [0.25, 0.3) is 5.91 Å². The number of amides is 2. The lowest BCUT2D eigenvalue weighted by atomic mass is 10.1. The first-order valence-corrected chi connectivity index (χ1v) is 7.66. The first kappa shape index (κ1) is 17.7. The lowest BCUT2D eigenvalue weighted by molar-refractivity contribution is -0.114. The van der Waals surface area contributed by atoms with Crippen LogP contribution in [0.5, 0.6) is 0 Å². The summed E-state index contributed by atoms with van der Waals surface area (Å²) in [5, 5.41) is 2.67. The predicted octanol–water partition coefficient (Wildman–Crippen LogP) is 3.67. The molecule has 0 atom stereocenters. The predicted molar refractivity (Wildman–Crippen MR) is 92.4 cm³/mol. The average Bonchev–Trinajstić information content (AvgIpc) is 2.51. The molecule has 0 radical (unpaired) electrons. The molecule has 0 aliphatic rings. The van der Waals surface area contributed by atoms with Gasteiger partial charge in [0.05, 0.1) is 0 Å². The van der Waals surface area contributed by atoms with Crippen molar-refractivity contribution < 1.29 is 14.0 Å². The van der Waals surface area contributed by atoms with E-state index in [1.807, 2.05) is 13.0 Å². The lowest BCUT2D eigenvalue weighted by Gasteiger charge is -2.19. The quantitative estimate of drug-likeness (QED) is 0.931. The Balaban J connectivity index is 2.20. The van der Waals surface area contributed by atoms with Crippen LogP contribution in [0, 0.1) is 19.7 Å². The zero-order chi connectivity index (χ0) is 17.9. The number of nitrogens with one attached hydrogen (secondary N) is 1. The van der Waals surface area contributed by atoms with Crippen molar-refractivity contribution in [3.63, 3.8) is 0 Å². The standard InChI is InChI=1S/C19H21FN2O2/c1-12-6-8-16(21-14(3)23)10-17(12)19(24)22(4)11-15-7-5-13(2)18(20)9-15/h5-10H,11H2,1-4H3,(H,21,23). The number of anilines is 1. The Morgan fingerprint density at radius 3 is 2.38 bits per heavy atom. The van der Waals surface area contributed by atoms with E-state index in [-0.39, 0.29) is 17.6 Å². The Morgan fingerprint density at radius 1 is 1.08 bits per heavy atom. The summed E-state index contributed by atoms with van der Waals surface area (Å²) in [6, 6.07) is 10.2. The van der Waals surface area contributed by atoms with Gasteiger partial charge in [-0.2, -0.15) is 0 Å². The van der Waals surface area contributed by atoms with E-state index < -0.39 is 0 Å². The molecule has 1 N–H and O–H groups in total. The van der Waals surface area contributed by atoms with Crippen molar-refractivity contribution in [1.82, 2.24) is 4.90 Å². The van der Waals surface area contributed by atoms with Crippen LogP contribution in [0.25, 0.3) is 0 Å². The van der Waals surface area contributed by atoms with Gasteiger partial charge in [-0.3, -0.25) is 9.59 Å². The van der Waals surface area contributed by atoms with E-state index >= 15 is 0 Å². The van der Waals surface area contributed by atoms with Crippen LogP contribution in [-0.2, 0) is 11.3 Å². The Morgan fingerprint density at radius 2 is 1.75 bits per heavy atom. The van der Waals surface area contributed by atoms with Crippen LogP contribution in [0.2, 0.25) is 0 Å². The zero-order valence-corrected chi connectivity index (χ0v) is 14.3. The average molecular weight is 328 g/mol. The van der Waals surface area contributed by atoms with E-state index in [0.717, 1.165) is 11.1 Å². The van der Waals surface area contributed by atoms with Crippen molar-refractivity contribution in [2.75, 3.05) is 12.4 Å². The van der Waals surface area contributed by atoms with Crippen molar-refractivity contribution in [3.8, 4) is 0 Å². The molecule has 24 heavy (non-hydrogen) atoms. The maximum absolute atomic E-state index is 13.6. The highest BCUT2D eigenvalue weighted by Gasteiger charge is 2.16. The normalized spacial score (nSPS) is 10.4. The second kappa shape index (κ2) is 7.25. The summed E-state index contributed by atoms with van der Waals surface area (Å²) < 4.78 is 13.6. The van der Waals surface area contributed by atoms with E-state index in [1.165, 1.54) is 17.9 Å². The fourth-order valence-electron chi connectivity index (χ4n) is 2.42. The smallest absolute Gasteiger partial charge is 0.254 e. The molecule has 2 aromatic carbocycles. The molecule has 0 aromatic heterocycles. The fourth-order valence-corrected chi connectivity index (χ4v) is 2.42. The molecular weight excluding hydrogens is 307 g/mol. The van der Waals surface area contributed by atoms with Crippen LogP contribution in [0.15, 0.2) is 36.4 Å². The monoisotopic (exact) mass is 328 g/mol. The minimum atomic E-state index is -0.280. The Bertz CT molecular complexity index is 787. The van der Waals surface area contributed by atoms with Gasteiger partial charge in [-0.25, -0.2) is 4.39 Å². The van der Waals surface area contributed by atoms with Crippen molar-refractivity contribution in [2.45, 2.75) is 27.3 Å². The number of benzene rings is 2. The van der Waals surface area contributed by atoms with Gasteiger partial charge in [0.1, 0.15) is 5.82 Å². The number of aryl methyl sites for hydroxylation is 2. The SMILES string of the molecule is CC(=O)Nc1ccc(C)c(C(=O)N(C)Cc2ccc(C)c(F)c2)c1. The van der Waals surface area contributed by atoms with Crippen molar-refractivity contribution in [1.29, 1.82) is 0 Å². The highest BCUT2D eigenvalue weighted by Crippen LogP contribution is 2.18. The number of carbonyl (C=O) groups is 2. The molecule has 0 saturated heterocycles. The maximum atomic E-state index is 13.6. The van der Waals surface area contributed by atoms with Gasteiger partial charge in [-0.05, 0) is 48.7 Å². The second-order valence-corrected chi connectivity index (χ2v) is 5.96. The third-order valence-corrected chi connectivity index (χ3v) is 3.79. The Hall–Kier alpha value is -2.69. The number of hydrogen-bond donors (Lipinski definition) is 1. The number of halogens is 1. The van der Waals surface area contributed by atoms with Crippen molar-refractivity contribution in [2.24, 2.45) is 0 Å². The molecule has 0 heterocycles. The van der Waals surface area contributed by atoms with Crippen LogP contribution in [0.1, 0.15) is 34.0 Å². The van der Waals surface area contributed by atoms with E-state index in [1.54, 1.807) is 38.2 Å². The molecule has 5 heteroatoms. The molecule has 2 aromatic rings. The molecular formula is C19H21FN2O2. The number of nitrogens with zero attached hydrogens (tertiary/aromatic N) is 1. The molecule has 2 rings (SSSR count). The largest absolute Gasteiger partial charge is 0.337 e. The number of hydrogen-bond acceptors (Lipinski definition) is 2. The van der Waals surface area contributed by atoms with Crippen LogP contribution in [0.3, 0.4) is 0 Å². The maximum Gasteiger partial charge on any atom is 0.254 e. The molecule has 0 spiro atoms. The number of carbonyl (C=O) groups excluding carboxylic acids is 2. The van der Waals surface area contributed by atoms with Gasteiger partial charge in [-0.15, -0.1) is 0 Å². The van der Waals surface area contributed by atoms with Gasteiger partial charge in [0, 0.05) is 31.8 Å². The molecule has 4 nitrogen and oxygen atoms in total. The third-order valence-electron chi connectivity index (χ3n) is 3.79. The molecule has 0 unspecified atom stereocenters. The van der Waals surface area contributed by atoms with Gasteiger partial charge >= 0.3 is 0 Å². The Kier molecular flexibility index (Phi) is 5.34. The first-order chi connectivity index (χ1) is 11.3. The summed E-state index contributed by atoms with van der Waals surface area (Å²) >= 11 is 0. The van der Waals surface area contributed by atoms with E-state index in [4.69, 9.17) is 0 Å². The van der Waals surface area contributed by atoms with E-state index in [0.29, 0.717) is 23.4 Å². The molecule has 0 saturated carbocycles. The summed E-state index contributed by atoms with van der Waals surface area (Å²) in [6.07, 6.45) is 0. The van der Waals surface area contributed by atoms with Crippen molar-refractivity contribution in [3.05, 3.63) is 64.5 Å². The molecule has 0 aliphatic carbocycles. The fraction of sp³-hybridized carbons (Fsp3) is 0.263. The summed E-state index contributed by atoms with van der Waals surface area (Å²) in [6.45, 7) is 5.26. The van der Waals surface area contributed by atoms with Gasteiger partial charge in [0.15, 0.2) is 0 Å². The molecule has 2 amide bonds. The van der Waals surface area contributed by atoms with Crippen LogP contribution >= 0.6 is 0 Å². The molecule has 0 fully saturated rings. The van der Waals surface area contributed by atoms with E-state index in [2.05, 4.69) is 5.32 Å². The highest BCUT2D eigenvalue weighted by atomic mass is 19.1. The van der Waals surface area contributed by atoms with Gasteiger partial charge in [0.2, 0.25) is 5.91 Å². The summed E-state index contributed by atoms with van der Waals surface area (Å²) in [5.74, 6) is -0.654. The van der Waals surface area contributed by atoms with Crippen LogP contribution in [0.4, 0.5) is 10.1 Å². The lowest BCUT2D eigenvalue weighted by Crippen LogP contribution is -2.27.